The van der Waals surface area contributed by atoms with Gasteiger partial charge in [0, 0.05) is 23.4 Å². The molecule has 0 spiro atoms. The molecule has 2 rings (SSSR count). The Balaban J connectivity index is 2.24. The smallest absolute Gasteiger partial charge is 0.269 e. The van der Waals surface area contributed by atoms with Crippen LogP contribution in [0, 0.1) is 10.1 Å². The van der Waals surface area contributed by atoms with Crippen molar-refractivity contribution in [2.24, 2.45) is 0 Å². The van der Waals surface area contributed by atoms with E-state index in [0.717, 1.165) is 24.3 Å². The van der Waals surface area contributed by atoms with Gasteiger partial charge in [-0.25, -0.2) is 8.42 Å². The van der Waals surface area contributed by atoms with Crippen LogP contribution in [0.1, 0.15) is 10.4 Å². The maximum absolute atomic E-state index is 12.1. The molecular formula is C13H10N2O5S. The topological polar surface area (TPSA) is 106 Å². The Kier molecular flexibility index (Phi) is 3.99. The highest BCUT2D eigenvalue weighted by Gasteiger charge is 2.15. The second-order valence-electron chi connectivity index (χ2n) is 4.10. The van der Waals surface area contributed by atoms with Gasteiger partial charge in [-0.2, -0.15) is 0 Å². The third kappa shape index (κ3) is 3.42. The molecule has 0 aliphatic carbocycles. The third-order valence-electron chi connectivity index (χ3n) is 2.66. The Morgan fingerprint density at radius 2 is 1.57 bits per heavy atom. The quantitative estimate of drug-likeness (QED) is 0.518. The first-order chi connectivity index (χ1) is 9.92. The first-order valence-electron chi connectivity index (χ1n) is 5.75. The van der Waals surface area contributed by atoms with Crippen LogP contribution in [0.4, 0.5) is 11.4 Å². The van der Waals surface area contributed by atoms with Crippen LogP contribution in [0.3, 0.4) is 0 Å². The number of non-ortho nitro benzene ring substituents is 1. The van der Waals surface area contributed by atoms with Crippen molar-refractivity contribution in [2.75, 3.05) is 4.72 Å². The normalized spacial score (nSPS) is 10.9. The maximum atomic E-state index is 12.1. The Bertz CT molecular complexity index is 767. The predicted octanol–water partition coefficient (Wildman–Crippen LogP) is 2.21. The first-order valence-corrected chi connectivity index (χ1v) is 7.23. The van der Waals surface area contributed by atoms with Crippen molar-refractivity contribution in [3.05, 3.63) is 64.2 Å². The number of nitro groups is 1. The van der Waals surface area contributed by atoms with Gasteiger partial charge in [-0.3, -0.25) is 19.6 Å². The van der Waals surface area contributed by atoms with Crippen LogP contribution in [0.15, 0.2) is 53.4 Å². The monoisotopic (exact) mass is 306 g/mol. The molecule has 2 aromatic rings. The van der Waals surface area contributed by atoms with E-state index >= 15 is 0 Å². The molecule has 0 bridgehead atoms. The Morgan fingerprint density at radius 1 is 1.00 bits per heavy atom. The molecule has 0 saturated heterocycles. The van der Waals surface area contributed by atoms with Gasteiger partial charge in [-0.1, -0.05) is 0 Å². The zero-order valence-electron chi connectivity index (χ0n) is 10.6. The standard InChI is InChI=1S/C13H10N2O5S/c16-9-10-1-3-11(4-2-10)14-21(19,20)13-7-5-12(6-8-13)15(17)18/h1-9,14H. The van der Waals surface area contributed by atoms with Gasteiger partial charge in [0.05, 0.1) is 9.82 Å². The molecule has 0 aliphatic rings. The summed E-state index contributed by atoms with van der Waals surface area (Å²) in [6, 6.07) is 10.4. The number of carbonyl (C=O) groups excluding carboxylic acids is 1. The largest absolute Gasteiger partial charge is 0.298 e. The summed E-state index contributed by atoms with van der Waals surface area (Å²) >= 11 is 0. The molecule has 0 unspecified atom stereocenters. The number of hydrogen-bond acceptors (Lipinski definition) is 5. The number of sulfonamides is 1. The van der Waals surface area contributed by atoms with E-state index in [1.165, 1.54) is 24.3 Å². The molecule has 0 saturated carbocycles. The van der Waals surface area contributed by atoms with Crippen molar-refractivity contribution in [2.45, 2.75) is 4.90 Å². The van der Waals surface area contributed by atoms with Crippen molar-refractivity contribution in [1.82, 2.24) is 0 Å². The lowest BCUT2D eigenvalue weighted by Gasteiger charge is -2.07. The van der Waals surface area contributed by atoms with Crippen LogP contribution in [-0.2, 0) is 10.0 Å². The molecule has 0 fully saturated rings. The lowest BCUT2D eigenvalue weighted by Crippen LogP contribution is -2.12. The highest BCUT2D eigenvalue weighted by atomic mass is 32.2. The van der Waals surface area contributed by atoms with Gasteiger partial charge in [0.15, 0.2) is 0 Å². The van der Waals surface area contributed by atoms with Crippen LogP contribution < -0.4 is 4.72 Å². The van der Waals surface area contributed by atoms with Crippen LogP contribution in [-0.4, -0.2) is 19.6 Å². The highest BCUT2D eigenvalue weighted by Crippen LogP contribution is 2.19. The minimum Gasteiger partial charge on any atom is -0.298 e. The number of benzene rings is 2. The van der Waals surface area contributed by atoms with Crippen LogP contribution in [0.25, 0.3) is 0 Å². The molecule has 0 radical (unpaired) electrons. The highest BCUT2D eigenvalue weighted by molar-refractivity contribution is 7.92. The second-order valence-corrected chi connectivity index (χ2v) is 5.78. The van der Waals surface area contributed by atoms with E-state index in [0.29, 0.717) is 17.5 Å². The summed E-state index contributed by atoms with van der Waals surface area (Å²) in [6.45, 7) is 0. The van der Waals surface area contributed by atoms with Gasteiger partial charge >= 0.3 is 0 Å². The summed E-state index contributed by atoms with van der Waals surface area (Å²) in [4.78, 5) is 20.3. The summed E-state index contributed by atoms with van der Waals surface area (Å²) in [5, 5.41) is 10.5. The SMILES string of the molecule is O=Cc1ccc(NS(=O)(=O)c2ccc([N+](=O)[O-])cc2)cc1. The zero-order chi connectivity index (χ0) is 15.5. The van der Waals surface area contributed by atoms with Gasteiger partial charge in [0.1, 0.15) is 6.29 Å². The second kappa shape index (κ2) is 5.71. The molecule has 21 heavy (non-hydrogen) atoms. The summed E-state index contributed by atoms with van der Waals surface area (Å²) in [7, 11) is -3.84. The minimum atomic E-state index is -3.84. The molecular weight excluding hydrogens is 296 g/mol. The molecule has 7 nitrogen and oxygen atoms in total. The van der Waals surface area contributed by atoms with Crippen molar-refractivity contribution in [1.29, 1.82) is 0 Å². The van der Waals surface area contributed by atoms with E-state index in [2.05, 4.69) is 4.72 Å². The molecule has 2 aromatic carbocycles. The molecule has 0 aromatic heterocycles. The van der Waals surface area contributed by atoms with Crippen molar-refractivity contribution >= 4 is 27.7 Å². The summed E-state index contributed by atoms with van der Waals surface area (Å²) in [6.07, 6.45) is 0.647. The molecule has 108 valence electrons. The first kappa shape index (κ1) is 14.7. The zero-order valence-corrected chi connectivity index (χ0v) is 11.4. The fraction of sp³-hybridized carbons (Fsp3) is 0. The molecule has 0 heterocycles. The van der Waals surface area contributed by atoms with Crippen LogP contribution in [0.5, 0.6) is 0 Å². The molecule has 0 amide bonds. The number of carbonyl (C=O) groups is 1. The van der Waals surface area contributed by atoms with E-state index in [-0.39, 0.29) is 10.6 Å². The van der Waals surface area contributed by atoms with Gasteiger partial charge < -0.3 is 0 Å². The van der Waals surface area contributed by atoms with Gasteiger partial charge in [0.25, 0.3) is 15.7 Å². The lowest BCUT2D eigenvalue weighted by molar-refractivity contribution is -0.384. The summed E-state index contributed by atoms with van der Waals surface area (Å²) in [5.74, 6) is 0. The van der Waals surface area contributed by atoms with E-state index in [4.69, 9.17) is 0 Å². The average Bonchev–Trinajstić information content (AvgIpc) is 2.48. The Morgan fingerprint density at radius 3 is 2.05 bits per heavy atom. The average molecular weight is 306 g/mol. The molecule has 8 heteroatoms. The number of anilines is 1. The number of nitrogens with one attached hydrogen (secondary N) is 1. The Labute approximate surface area is 120 Å². The van der Waals surface area contributed by atoms with Crippen LogP contribution >= 0.6 is 0 Å². The van der Waals surface area contributed by atoms with Gasteiger partial charge in [-0.05, 0) is 36.4 Å². The number of rotatable bonds is 5. The van der Waals surface area contributed by atoms with Crippen molar-refractivity contribution < 1.29 is 18.1 Å². The fourth-order valence-corrected chi connectivity index (χ4v) is 2.65. The number of nitrogens with zero attached hydrogens (tertiary/aromatic N) is 1. The minimum absolute atomic E-state index is 0.0902. The maximum Gasteiger partial charge on any atom is 0.269 e. The summed E-state index contributed by atoms with van der Waals surface area (Å²) < 4.78 is 26.5. The van der Waals surface area contributed by atoms with E-state index in [1.54, 1.807) is 0 Å². The number of hydrogen-bond donors (Lipinski definition) is 1. The van der Waals surface area contributed by atoms with Gasteiger partial charge in [0.2, 0.25) is 0 Å². The van der Waals surface area contributed by atoms with Crippen molar-refractivity contribution in [3.8, 4) is 0 Å². The predicted molar refractivity (Wildman–Crippen MR) is 75.7 cm³/mol. The van der Waals surface area contributed by atoms with E-state index in [1.807, 2.05) is 0 Å². The van der Waals surface area contributed by atoms with Crippen LogP contribution in [0.2, 0.25) is 0 Å². The molecule has 1 N–H and O–H groups in total. The number of aldehydes is 1. The van der Waals surface area contributed by atoms with Crippen molar-refractivity contribution in [3.63, 3.8) is 0 Å². The number of nitro benzene ring substituents is 1. The molecule has 0 atom stereocenters. The van der Waals surface area contributed by atoms with Gasteiger partial charge in [-0.15, -0.1) is 0 Å². The van der Waals surface area contributed by atoms with E-state index < -0.39 is 14.9 Å². The third-order valence-corrected chi connectivity index (χ3v) is 4.05. The lowest BCUT2D eigenvalue weighted by atomic mass is 10.2. The van der Waals surface area contributed by atoms with E-state index in [9.17, 15) is 23.3 Å². The summed E-state index contributed by atoms with van der Waals surface area (Å²) in [5.41, 5.74) is 0.525. The molecule has 0 aliphatic heterocycles. The Hall–Kier alpha value is -2.74. The fourth-order valence-electron chi connectivity index (χ4n) is 1.59.